The summed E-state index contributed by atoms with van der Waals surface area (Å²) in [6.07, 6.45) is 15.9. The number of anilines is 1. The molecule has 2 fully saturated rings. The molecule has 170 valence electrons. The molecule has 8 heteroatoms. The molecule has 0 bridgehead atoms. The highest BCUT2D eigenvalue weighted by Crippen LogP contribution is 2.51. The third-order valence-corrected chi connectivity index (χ3v) is 7.01. The zero-order valence-electron chi connectivity index (χ0n) is 17.8. The fourth-order valence-electron chi connectivity index (χ4n) is 5.03. The van der Waals surface area contributed by atoms with Gasteiger partial charge in [0.25, 0.3) is 0 Å². The predicted octanol–water partition coefficient (Wildman–Crippen LogP) is 5.33. The third-order valence-electron chi connectivity index (χ3n) is 7.01. The van der Waals surface area contributed by atoms with Crippen molar-refractivity contribution in [3.8, 4) is 0 Å². The van der Waals surface area contributed by atoms with Crippen LogP contribution in [0.2, 0.25) is 0 Å². The predicted molar refractivity (Wildman–Crippen MR) is 117 cm³/mol. The van der Waals surface area contributed by atoms with Gasteiger partial charge in [-0.25, -0.2) is 18.2 Å². The highest BCUT2D eigenvalue weighted by Gasteiger charge is 2.50. The first-order chi connectivity index (χ1) is 15.5. The van der Waals surface area contributed by atoms with E-state index in [9.17, 15) is 8.78 Å². The Morgan fingerprint density at radius 1 is 1.12 bits per heavy atom. The summed E-state index contributed by atoms with van der Waals surface area (Å²) in [6.45, 7) is 0. The van der Waals surface area contributed by atoms with Crippen LogP contribution in [0.1, 0.15) is 50.5 Å². The molecule has 1 aromatic heterocycles. The number of nitrogens with zero attached hydrogens (tertiary/aromatic N) is 3. The number of hydrogen-bond acceptors (Lipinski definition) is 5. The van der Waals surface area contributed by atoms with Gasteiger partial charge in [-0.1, -0.05) is 0 Å². The van der Waals surface area contributed by atoms with Crippen LogP contribution in [0.3, 0.4) is 0 Å². The van der Waals surface area contributed by atoms with Crippen LogP contribution >= 0.6 is 0 Å². The van der Waals surface area contributed by atoms with E-state index in [2.05, 4.69) is 15.3 Å². The Hall–Kier alpha value is -2.61. The van der Waals surface area contributed by atoms with Crippen LogP contribution in [0.25, 0.3) is 0 Å². The lowest BCUT2D eigenvalue weighted by molar-refractivity contribution is -0.0562. The monoisotopic (exact) mass is 444 g/mol. The first kappa shape index (κ1) is 21.2. The fraction of sp³-hybridized carbons (Fsp3) is 0.500. The molecule has 2 saturated carbocycles. The highest BCUT2D eigenvalue weighted by molar-refractivity contribution is 5.75. The molecule has 2 aliphatic carbocycles. The number of rotatable bonds is 5. The Morgan fingerprint density at radius 3 is 2.66 bits per heavy atom. The summed E-state index contributed by atoms with van der Waals surface area (Å²) in [5, 5.41) is 3.23. The lowest BCUT2D eigenvalue weighted by Crippen LogP contribution is -2.51. The summed E-state index contributed by atoms with van der Waals surface area (Å²) < 4.78 is 49.8. The largest absolute Gasteiger partial charge is 0.375 e. The van der Waals surface area contributed by atoms with Crippen molar-refractivity contribution in [2.75, 3.05) is 4.90 Å². The van der Waals surface area contributed by atoms with Crippen LogP contribution in [0.15, 0.2) is 59.9 Å². The summed E-state index contributed by atoms with van der Waals surface area (Å²) in [4.78, 5) is 10.6. The first-order valence-corrected chi connectivity index (χ1v) is 11.3. The fourth-order valence-corrected chi connectivity index (χ4v) is 5.03. The van der Waals surface area contributed by atoms with Crippen LogP contribution in [0, 0.1) is 5.92 Å². The molecule has 3 heterocycles. The van der Waals surface area contributed by atoms with Gasteiger partial charge >= 0.3 is 0 Å². The molecule has 2 aliphatic heterocycles. The molecule has 0 saturated heterocycles. The van der Waals surface area contributed by atoms with Gasteiger partial charge in [-0.3, -0.25) is 4.98 Å². The van der Waals surface area contributed by atoms with E-state index in [1.807, 2.05) is 11.1 Å². The highest BCUT2D eigenvalue weighted by atomic mass is 19.3. The Morgan fingerprint density at radius 2 is 1.94 bits per heavy atom. The van der Waals surface area contributed by atoms with Crippen molar-refractivity contribution in [1.82, 2.24) is 10.3 Å². The summed E-state index contributed by atoms with van der Waals surface area (Å²) in [6, 6.07) is 1.77. The van der Waals surface area contributed by atoms with Crippen LogP contribution in [-0.4, -0.2) is 29.6 Å². The molecule has 0 radical (unpaired) electrons. The van der Waals surface area contributed by atoms with Crippen molar-refractivity contribution in [3.05, 3.63) is 60.5 Å². The molecule has 1 N–H and O–H groups in total. The summed E-state index contributed by atoms with van der Waals surface area (Å²) in [5.41, 5.74) is 0.0397. The first-order valence-electron chi connectivity index (χ1n) is 11.3. The number of halogens is 3. The summed E-state index contributed by atoms with van der Waals surface area (Å²) >= 11 is 0. The number of hydrogen-bond donors (Lipinski definition) is 1. The number of alkyl halides is 2. The van der Waals surface area contributed by atoms with Crippen molar-refractivity contribution in [2.24, 2.45) is 10.9 Å². The third kappa shape index (κ3) is 3.74. The van der Waals surface area contributed by atoms with Crippen LogP contribution in [0.4, 0.5) is 18.9 Å². The molecule has 4 aliphatic rings. The number of ether oxygens (including phenoxy) is 1. The molecule has 2 unspecified atom stereocenters. The van der Waals surface area contributed by atoms with Gasteiger partial charge in [0, 0.05) is 37.0 Å². The molecule has 5 rings (SSSR count). The molecule has 32 heavy (non-hydrogen) atoms. The SMILES string of the molecule is FC1=CC=CNC1(c1ccncc1N1C=CC=NC1OC1CCC1)C1CCC(F)(F)CC1. The van der Waals surface area contributed by atoms with E-state index in [1.54, 1.807) is 43.0 Å². The van der Waals surface area contributed by atoms with Crippen molar-refractivity contribution >= 4 is 11.9 Å². The molecule has 0 aromatic carbocycles. The molecule has 5 nitrogen and oxygen atoms in total. The van der Waals surface area contributed by atoms with Gasteiger partial charge in [0.1, 0.15) is 11.4 Å². The van der Waals surface area contributed by atoms with Crippen LogP contribution in [-0.2, 0) is 10.3 Å². The summed E-state index contributed by atoms with van der Waals surface area (Å²) in [7, 11) is 0. The van der Waals surface area contributed by atoms with Crippen molar-refractivity contribution < 1.29 is 17.9 Å². The quantitative estimate of drug-likeness (QED) is 0.667. The van der Waals surface area contributed by atoms with Gasteiger partial charge in [0.2, 0.25) is 12.3 Å². The number of nitrogens with one attached hydrogen (secondary N) is 1. The van der Waals surface area contributed by atoms with Gasteiger partial charge in [0.05, 0.1) is 18.0 Å². The Balaban J connectivity index is 1.55. The smallest absolute Gasteiger partial charge is 0.248 e. The van der Waals surface area contributed by atoms with Crippen molar-refractivity contribution in [3.63, 3.8) is 0 Å². The minimum absolute atomic E-state index is 0.146. The number of pyridine rings is 1. The molecular formula is C24H27F3N4O. The van der Waals surface area contributed by atoms with E-state index in [1.165, 1.54) is 6.08 Å². The van der Waals surface area contributed by atoms with Crippen LogP contribution in [0.5, 0.6) is 0 Å². The standard InChI is InChI=1S/C24H27F3N4O/c25-21-6-2-13-30-24(21,17-7-10-23(26,27)11-8-17)19-9-14-28-16-20(19)31-15-3-12-29-22(31)32-18-4-1-5-18/h2-3,6,9,12-18,22,30H,1,4-5,7-8,10-11H2. The average molecular weight is 445 g/mol. The molecule has 2 atom stereocenters. The number of aromatic nitrogens is 1. The second-order valence-electron chi connectivity index (χ2n) is 8.91. The minimum atomic E-state index is -2.70. The van der Waals surface area contributed by atoms with Crippen LogP contribution < -0.4 is 10.2 Å². The van der Waals surface area contributed by atoms with Gasteiger partial charge in [-0.05, 0) is 68.5 Å². The van der Waals surface area contributed by atoms with Crippen molar-refractivity contribution in [1.29, 1.82) is 0 Å². The molecule has 0 spiro atoms. The Bertz CT molecular complexity index is 962. The number of allylic oxidation sites excluding steroid dienone is 3. The van der Waals surface area contributed by atoms with Gasteiger partial charge in [0.15, 0.2) is 0 Å². The normalized spacial score (nSPS) is 30.0. The minimum Gasteiger partial charge on any atom is -0.375 e. The van der Waals surface area contributed by atoms with E-state index in [0.29, 0.717) is 11.3 Å². The van der Waals surface area contributed by atoms with E-state index in [-0.39, 0.29) is 43.5 Å². The zero-order chi connectivity index (χ0) is 22.2. The second-order valence-corrected chi connectivity index (χ2v) is 8.91. The maximum Gasteiger partial charge on any atom is 0.248 e. The average Bonchev–Trinajstić information content (AvgIpc) is 2.77. The number of aliphatic imine (C=N–C) groups is 1. The zero-order valence-corrected chi connectivity index (χ0v) is 17.8. The molecular weight excluding hydrogens is 417 g/mol. The van der Waals surface area contributed by atoms with Crippen molar-refractivity contribution in [2.45, 2.75) is 68.9 Å². The number of dihydropyridines is 1. The maximum absolute atomic E-state index is 15.7. The lowest BCUT2D eigenvalue weighted by Gasteiger charge is -2.46. The van der Waals surface area contributed by atoms with Gasteiger partial charge in [-0.2, -0.15) is 0 Å². The lowest BCUT2D eigenvalue weighted by atomic mass is 9.68. The van der Waals surface area contributed by atoms with Gasteiger partial charge < -0.3 is 15.0 Å². The van der Waals surface area contributed by atoms with E-state index < -0.39 is 17.8 Å². The molecule has 1 aromatic rings. The Labute approximate surface area is 185 Å². The van der Waals surface area contributed by atoms with E-state index in [0.717, 1.165) is 19.3 Å². The second kappa shape index (κ2) is 8.39. The maximum atomic E-state index is 15.7. The Kier molecular flexibility index (Phi) is 5.57. The molecule has 0 amide bonds. The van der Waals surface area contributed by atoms with E-state index >= 15 is 4.39 Å². The van der Waals surface area contributed by atoms with Gasteiger partial charge in [-0.15, -0.1) is 0 Å². The van der Waals surface area contributed by atoms with E-state index in [4.69, 9.17) is 4.74 Å². The summed E-state index contributed by atoms with van der Waals surface area (Å²) in [5.74, 6) is -3.42. The topological polar surface area (TPSA) is 49.8 Å².